The number of rotatable bonds is 5. The van der Waals surface area contributed by atoms with Gasteiger partial charge in [0.1, 0.15) is 0 Å². The molecule has 0 aliphatic rings. The molecule has 3 aromatic rings. The second-order valence-corrected chi connectivity index (χ2v) is 6.87. The molecule has 1 aromatic heterocycles. The number of halogens is 3. The van der Waals surface area contributed by atoms with Gasteiger partial charge < -0.3 is 11.5 Å². The number of ketones is 1. The quantitative estimate of drug-likeness (QED) is 0.603. The van der Waals surface area contributed by atoms with Crippen LogP contribution >= 0.6 is 34.8 Å². The third kappa shape index (κ3) is 3.90. The van der Waals surface area contributed by atoms with E-state index in [1.54, 1.807) is 36.4 Å². The molecule has 0 atom stereocenters. The minimum Gasteiger partial charge on any atom is -0.382 e. The summed E-state index contributed by atoms with van der Waals surface area (Å²) in [5.74, 6) is -1.08. The van der Waals surface area contributed by atoms with Crippen molar-refractivity contribution in [1.82, 2.24) is 15.0 Å². The monoisotopic (exact) mass is 429 g/mol. The van der Waals surface area contributed by atoms with Crippen molar-refractivity contribution < 1.29 is 9.59 Å². The third-order valence-electron chi connectivity index (χ3n) is 3.77. The molecule has 0 fully saturated rings. The number of nitrogen functional groups attached to an aromatic ring is 1. The van der Waals surface area contributed by atoms with Crippen LogP contribution in [0.15, 0.2) is 36.4 Å². The SMILES string of the molecule is NC(=O)c1nnn(Cc2cc(Cl)c(C(=O)[13c]3[13cH][13cH][13c](Cl)[13cH][13cH]3)c(Cl)c2)c1N. The van der Waals surface area contributed by atoms with Gasteiger partial charge in [0.2, 0.25) is 0 Å². The average molecular weight is 431 g/mol. The molecule has 0 saturated carbocycles. The highest BCUT2D eigenvalue weighted by Crippen LogP contribution is 2.30. The van der Waals surface area contributed by atoms with Crippen molar-refractivity contribution in [2.75, 3.05) is 5.73 Å². The average Bonchev–Trinajstić information content (AvgIpc) is 2.95. The van der Waals surface area contributed by atoms with Crippen molar-refractivity contribution >= 4 is 52.3 Å². The van der Waals surface area contributed by atoms with Crippen LogP contribution in [-0.4, -0.2) is 26.7 Å². The van der Waals surface area contributed by atoms with E-state index in [2.05, 4.69) is 10.3 Å². The lowest BCUT2D eigenvalue weighted by Crippen LogP contribution is -2.15. The first-order chi connectivity index (χ1) is 12.8. The number of carbonyl (C=O) groups excluding carboxylic acids is 2. The highest BCUT2D eigenvalue weighted by Gasteiger charge is 2.19. The molecule has 1 amide bonds. The molecule has 3 rings (SSSR count). The highest BCUT2D eigenvalue weighted by atomic mass is 35.5. The van der Waals surface area contributed by atoms with Crippen LogP contribution in [0.3, 0.4) is 0 Å². The molecule has 0 unspecified atom stereocenters. The summed E-state index contributed by atoms with van der Waals surface area (Å²) in [5.41, 5.74) is 12.0. The van der Waals surface area contributed by atoms with Gasteiger partial charge in [-0.05, 0) is 42.0 Å². The summed E-state index contributed by atoms with van der Waals surface area (Å²) in [5, 5.41) is 8.27. The lowest BCUT2D eigenvalue weighted by Gasteiger charge is -2.10. The van der Waals surface area contributed by atoms with Gasteiger partial charge in [0.05, 0.1) is 22.2 Å². The second-order valence-electron chi connectivity index (χ2n) is 5.62. The van der Waals surface area contributed by atoms with Crippen LogP contribution in [0, 0.1) is 0 Å². The molecule has 4 N–H and O–H groups in total. The van der Waals surface area contributed by atoms with E-state index in [-0.39, 0.29) is 39.4 Å². The summed E-state index contributed by atoms with van der Waals surface area (Å²) in [6, 6.07) is 9.53. The number of anilines is 1. The Morgan fingerprint density at radius 3 is 2.15 bits per heavy atom. The largest absolute Gasteiger partial charge is 0.382 e. The van der Waals surface area contributed by atoms with Crippen LogP contribution in [0.4, 0.5) is 5.82 Å². The van der Waals surface area contributed by atoms with Crippen molar-refractivity contribution in [2.45, 2.75) is 6.54 Å². The van der Waals surface area contributed by atoms with Crippen molar-refractivity contribution in [1.29, 1.82) is 0 Å². The Bertz CT molecular complexity index is 1020. The first-order valence-electron chi connectivity index (χ1n) is 7.55. The molecular weight excluding hydrogens is 419 g/mol. The molecule has 7 nitrogen and oxygen atoms in total. The topological polar surface area (TPSA) is 117 Å². The van der Waals surface area contributed by atoms with Gasteiger partial charge in [-0.3, -0.25) is 9.59 Å². The molecule has 0 aliphatic heterocycles. The van der Waals surface area contributed by atoms with E-state index in [0.29, 0.717) is 16.1 Å². The van der Waals surface area contributed by atoms with Gasteiger partial charge in [0, 0.05) is 10.6 Å². The van der Waals surface area contributed by atoms with E-state index in [9.17, 15) is 9.59 Å². The number of nitrogens with zero attached hydrogens (tertiary/aromatic N) is 3. The van der Waals surface area contributed by atoms with E-state index >= 15 is 0 Å². The lowest BCUT2D eigenvalue weighted by atomic mass is 10.1. The van der Waals surface area contributed by atoms with Gasteiger partial charge in [0.15, 0.2) is 17.3 Å². The Balaban J connectivity index is 1.92. The Morgan fingerprint density at radius 1 is 1.04 bits per heavy atom. The van der Waals surface area contributed by atoms with E-state index in [1.807, 2.05) is 0 Å². The number of primary amides is 1. The molecule has 0 radical (unpaired) electrons. The Hall–Kier alpha value is -2.61. The van der Waals surface area contributed by atoms with E-state index in [0.717, 1.165) is 0 Å². The number of hydrogen-bond donors (Lipinski definition) is 2. The molecule has 1 heterocycles. The van der Waals surface area contributed by atoms with Crippen molar-refractivity contribution in [3.8, 4) is 0 Å². The predicted molar refractivity (Wildman–Crippen MR) is 103 cm³/mol. The minimum atomic E-state index is -0.779. The number of amides is 1. The molecule has 2 aromatic carbocycles. The second kappa shape index (κ2) is 7.56. The molecule has 0 aliphatic carbocycles. The maximum atomic E-state index is 12.7. The van der Waals surface area contributed by atoms with E-state index in [4.69, 9.17) is 46.3 Å². The fourth-order valence-electron chi connectivity index (χ4n) is 2.47. The van der Waals surface area contributed by atoms with Crippen LogP contribution in [-0.2, 0) is 6.54 Å². The molecule has 0 bridgehead atoms. The molecule has 0 spiro atoms. The Morgan fingerprint density at radius 2 is 1.63 bits per heavy atom. The zero-order chi connectivity index (χ0) is 19.7. The van der Waals surface area contributed by atoms with Crippen LogP contribution in [0.1, 0.15) is 32.0 Å². The normalized spacial score (nSPS) is 10.8. The number of nitrogens with two attached hydrogens (primary N) is 2. The molecule has 138 valence electrons. The standard InChI is InChI=1S/C17H12Cl3N5O2/c18-10-3-1-9(2-4-10)15(26)13-11(19)5-8(6-12(13)20)7-25-16(21)14(17(22)27)23-24-25/h1-6H,7,21H2,(H2,22,27)/i1+1,2+1,3+1,4+1,9+1,10+1. The molecular formula is C17H12Cl3N5O2. The predicted octanol–water partition coefficient (Wildman–Crippen LogP) is 3.20. The summed E-state index contributed by atoms with van der Waals surface area (Å²) in [7, 11) is 0. The number of benzene rings is 2. The van der Waals surface area contributed by atoms with Gasteiger partial charge in [-0.1, -0.05) is 40.0 Å². The highest BCUT2D eigenvalue weighted by molar-refractivity contribution is 6.41. The van der Waals surface area contributed by atoms with Crippen molar-refractivity contribution in [2.24, 2.45) is 5.73 Å². The maximum absolute atomic E-state index is 12.7. The Labute approximate surface area is 168 Å². The Kier molecular flexibility index (Phi) is 5.36. The summed E-state index contributed by atoms with van der Waals surface area (Å²) in [4.78, 5) is 23.9. The maximum Gasteiger partial charge on any atom is 0.273 e. The fraction of sp³-hybridized carbons (Fsp3) is 0.0588. The summed E-state index contributed by atoms with van der Waals surface area (Å²) >= 11 is 18.4. The first-order valence-corrected chi connectivity index (χ1v) is 8.68. The van der Waals surface area contributed by atoms with Gasteiger partial charge in [-0.15, -0.1) is 5.10 Å². The van der Waals surface area contributed by atoms with E-state index in [1.165, 1.54) is 4.68 Å². The van der Waals surface area contributed by atoms with Crippen LogP contribution in [0.25, 0.3) is 0 Å². The minimum absolute atomic E-state index is 0.0241. The molecule has 10 heteroatoms. The smallest absolute Gasteiger partial charge is 0.273 e. The van der Waals surface area contributed by atoms with Crippen LogP contribution in [0.2, 0.25) is 15.1 Å². The van der Waals surface area contributed by atoms with Crippen molar-refractivity contribution in [3.63, 3.8) is 0 Å². The zero-order valence-electron chi connectivity index (χ0n) is 13.6. The summed E-state index contributed by atoms with van der Waals surface area (Å²) in [6.45, 7) is 0.140. The summed E-state index contributed by atoms with van der Waals surface area (Å²) in [6.07, 6.45) is 0. The van der Waals surface area contributed by atoms with Gasteiger partial charge in [-0.25, -0.2) is 4.68 Å². The first kappa shape index (κ1) is 19.2. The zero-order valence-corrected chi connectivity index (χ0v) is 15.9. The van der Waals surface area contributed by atoms with E-state index < -0.39 is 5.91 Å². The molecule has 0 saturated heterocycles. The number of hydrogen-bond acceptors (Lipinski definition) is 5. The molecule has 27 heavy (non-hydrogen) atoms. The lowest BCUT2D eigenvalue weighted by molar-refractivity contribution is 0.0994. The fourth-order valence-corrected chi connectivity index (χ4v) is 3.29. The van der Waals surface area contributed by atoms with Gasteiger partial charge in [-0.2, -0.15) is 0 Å². The number of aromatic nitrogens is 3. The number of carbonyl (C=O) groups is 2. The van der Waals surface area contributed by atoms with Crippen LogP contribution in [0.5, 0.6) is 0 Å². The third-order valence-corrected chi connectivity index (χ3v) is 4.62. The van der Waals surface area contributed by atoms with Crippen molar-refractivity contribution in [3.05, 3.63) is 73.9 Å². The summed E-state index contributed by atoms with van der Waals surface area (Å²) < 4.78 is 1.28. The van der Waals surface area contributed by atoms with Gasteiger partial charge in [0.25, 0.3) is 5.91 Å². The van der Waals surface area contributed by atoms with Gasteiger partial charge >= 0.3 is 0 Å². The van der Waals surface area contributed by atoms with Crippen LogP contribution < -0.4 is 11.5 Å².